The summed E-state index contributed by atoms with van der Waals surface area (Å²) < 4.78 is 0. The van der Waals surface area contributed by atoms with Crippen molar-refractivity contribution in [1.82, 2.24) is 15.3 Å². The molecule has 1 aliphatic rings. The van der Waals surface area contributed by atoms with Gasteiger partial charge in [0.1, 0.15) is 18.0 Å². The first-order valence-corrected chi connectivity index (χ1v) is 7.12. The van der Waals surface area contributed by atoms with Crippen LogP contribution < -0.4 is 15.1 Å². The highest BCUT2D eigenvalue weighted by Crippen LogP contribution is 2.21. The Kier molecular flexibility index (Phi) is 4.24. The second kappa shape index (κ2) is 5.74. The van der Waals surface area contributed by atoms with E-state index >= 15 is 0 Å². The molecule has 5 nitrogen and oxygen atoms in total. The third-order valence-electron chi connectivity index (χ3n) is 3.62. The predicted octanol–water partition coefficient (Wildman–Crippen LogP) is 1.51. The molecule has 1 N–H and O–H groups in total. The maximum absolute atomic E-state index is 4.44. The molecule has 0 aliphatic carbocycles. The summed E-state index contributed by atoms with van der Waals surface area (Å²) in [7, 11) is 0. The van der Waals surface area contributed by atoms with Gasteiger partial charge in [0.2, 0.25) is 0 Å². The van der Waals surface area contributed by atoms with Crippen LogP contribution in [-0.4, -0.2) is 48.2 Å². The van der Waals surface area contributed by atoms with Crippen LogP contribution in [0, 0.1) is 0 Å². The summed E-state index contributed by atoms with van der Waals surface area (Å²) in [4.78, 5) is 13.4. The van der Waals surface area contributed by atoms with E-state index in [4.69, 9.17) is 0 Å². The van der Waals surface area contributed by atoms with Crippen molar-refractivity contribution in [2.75, 3.05) is 42.5 Å². The van der Waals surface area contributed by atoms with E-state index in [2.05, 4.69) is 58.8 Å². The van der Waals surface area contributed by atoms with Crippen LogP contribution in [0.5, 0.6) is 0 Å². The van der Waals surface area contributed by atoms with Crippen molar-refractivity contribution in [3.05, 3.63) is 12.4 Å². The first kappa shape index (κ1) is 14.1. The van der Waals surface area contributed by atoms with Gasteiger partial charge in [-0.3, -0.25) is 0 Å². The number of anilines is 2. The van der Waals surface area contributed by atoms with Gasteiger partial charge in [0, 0.05) is 44.3 Å². The highest BCUT2D eigenvalue weighted by Gasteiger charge is 2.26. The molecule has 1 aromatic heterocycles. The van der Waals surface area contributed by atoms with Crippen molar-refractivity contribution >= 4 is 11.6 Å². The Morgan fingerprint density at radius 2 is 2.05 bits per heavy atom. The predicted molar refractivity (Wildman–Crippen MR) is 79.9 cm³/mol. The minimum absolute atomic E-state index is 0.137. The molecule has 0 spiro atoms. The van der Waals surface area contributed by atoms with E-state index in [0.29, 0.717) is 0 Å². The van der Waals surface area contributed by atoms with Crippen molar-refractivity contribution in [3.8, 4) is 0 Å². The van der Waals surface area contributed by atoms with Gasteiger partial charge in [-0.15, -0.1) is 0 Å². The summed E-state index contributed by atoms with van der Waals surface area (Å²) in [6.45, 7) is 13.7. The molecule has 0 bridgehead atoms. The molecular weight excluding hydrogens is 238 g/mol. The van der Waals surface area contributed by atoms with Crippen LogP contribution in [0.25, 0.3) is 0 Å². The topological polar surface area (TPSA) is 44.3 Å². The van der Waals surface area contributed by atoms with Crippen LogP contribution in [0.4, 0.5) is 11.6 Å². The molecule has 106 valence electrons. The zero-order valence-electron chi connectivity index (χ0n) is 12.5. The lowest BCUT2D eigenvalue weighted by molar-refractivity contribution is 0.351. The van der Waals surface area contributed by atoms with Crippen LogP contribution in [0.2, 0.25) is 0 Å². The SMILES string of the molecule is CCN(CC)c1cc(N2CCNC(C)(C)C2)ncn1. The van der Waals surface area contributed by atoms with Crippen LogP contribution in [0.3, 0.4) is 0 Å². The largest absolute Gasteiger partial charge is 0.357 e. The summed E-state index contributed by atoms with van der Waals surface area (Å²) >= 11 is 0. The average Bonchev–Trinajstić information content (AvgIpc) is 2.39. The molecule has 0 atom stereocenters. The van der Waals surface area contributed by atoms with E-state index in [1.165, 1.54) is 0 Å². The Hall–Kier alpha value is -1.36. The normalized spacial score (nSPS) is 18.4. The number of piperazine rings is 1. The standard InChI is InChI=1S/C14H25N5/c1-5-18(6-2)12-9-13(16-11-15-12)19-8-7-17-14(3,4)10-19/h9,11,17H,5-8,10H2,1-4H3. The minimum atomic E-state index is 0.137. The molecule has 1 fully saturated rings. The zero-order chi connectivity index (χ0) is 13.9. The molecule has 0 saturated carbocycles. The smallest absolute Gasteiger partial charge is 0.134 e. The first-order chi connectivity index (χ1) is 9.05. The van der Waals surface area contributed by atoms with E-state index in [1.807, 2.05) is 0 Å². The number of nitrogens with one attached hydrogen (secondary N) is 1. The lowest BCUT2D eigenvalue weighted by Gasteiger charge is -2.39. The number of aromatic nitrogens is 2. The molecule has 0 amide bonds. The molecular formula is C14H25N5. The molecule has 1 saturated heterocycles. The minimum Gasteiger partial charge on any atom is -0.357 e. The first-order valence-electron chi connectivity index (χ1n) is 7.12. The fraction of sp³-hybridized carbons (Fsp3) is 0.714. The van der Waals surface area contributed by atoms with Gasteiger partial charge in [-0.1, -0.05) is 0 Å². The van der Waals surface area contributed by atoms with E-state index in [9.17, 15) is 0 Å². The van der Waals surface area contributed by atoms with Crippen molar-refractivity contribution in [3.63, 3.8) is 0 Å². The van der Waals surface area contributed by atoms with Crippen molar-refractivity contribution in [1.29, 1.82) is 0 Å². The van der Waals surface area contributed by atoms with E-state index in [-0.39, 0.29) is 5.54 Å². The van der Waals surface area contributed by atoms with Crippen molar-refractivity contribution in [2.45, 2.75) is 33.2 Å². The number of hydrogen-bond donors (Lipinski definition) is 1. The fourth-order valence-electron chi connectivity index (χ4n) is 2.57. The molecule has 0 unspecified atom stereocenters. The molecule has 0 aromatic carbocycles. The zero-order valence-corrected chi connectivity index (χ0v) is 12.5. The Morgan fingerprint density at radius 3 is 2.68 bits per heavy atom. The maximum atomic E-state index is 4.44. The van der Waals surface area contributed by atoms with Gasteiger partial charge >= 0.3 is 0 Å². The summed E-state index contributed by atoms with van der Waals surface area (Å²) in [5.74, 6) is 2.05. The summed E-state index contributed by atoms with van der Waals surface area (Å²) in [5, 5.41) is 3.52. The molecule has 1 aliphatic heterocycles. The molecule has 1 aromatic rings. The van der Waals surface area contributed by atoms with Gasteiger partial charge in [-0.05, 0) is 27.7 Å². The molecule has 5 heteroatoms. The number of hydrogen-bond acceptors (Lipinski definition) is 5. The lowest BCUT2D eigenvalue weighted by atomic mass is 10.0. The van der Waals surface area contributed by atoms with Crippen molar-refractivity contribution < 1.29 is 0 Å². The summed E-state index contributed by atoms with van der Waals surface area (Å²) in [6, 6.07) is 2.11. The van der Waals surface area contributed by atoms with E-state index in [0.717, 1.165) is 44.4 Å². The Bertz CT molecular complexity index is 414. The third kappa shape index (κ3) is 3.35. The Labute approximate surface area is 116 Å². The molecule has 2 rings (SSSR count). The average molecular weight is 263 g/mol. The van der Waals surface area contributed by atoms with E-state index in [1.54, 1.807) is 6.33 Å². The number of rotatable bonds is 4. The second-order valence-electron chi connectivity index (χ2n) is 5.64. The second-order valence-corrected chi connectivity index (χ2v) is 5.64. The Morgan fingerprint density at radius 1 is 1.32 bits per heavy atom. The summed E-state index contributed by atoms with van der Waals surface area (Å²) in [6.07, 6.45) is 1.68. The quantitative estimate of drug-likeness (QED) is 0.892. The van der Waals surface area contributed by atoms with Crippen molar-refractivity contribution in [2.24, 2.45) is 0 Å². The highest BCUT2D eigenvalue weighted by atomic mass is 15.3. The van der Waals surface area contributed by atoms with E-state index < -0.39 is 0 Å². The molecule has 19 heavy (non-hydrogen) atoms. The van der Waals surface area contributed by atoms with Gasteiger partial charge in [0.15, 0.2) is 0 Å². The fourth-order valence-corrected chi connectivity index (χ4v) is 2.57. The summed E-state index contributed by atoms with van der Waals surface area (Å²) in [5.41, 5.74) is 0.137. The monoisotopic (exact) mass is 263 g/mol. The van der Waals surface area contributed by atoms with Gasteiger partial charge in [0.25, 0.3) is 0 Å². The van der Waals surface area contributed by atoms with Gasteiger partial charge < -0.3 is 15.1 Å². The van der Waals surface area contributed by atoms with Crippen LogP contribution >= 0.6 is 0 Å². The van der Waals surface area contributed by atoms with Gasteiger partial charge in [0.05, 0.1) is 0 Å². The van der Waals surface area contributed by atoms with Crippen LogP contribution in [-0.2, 0) is 0 Å². The lowest BCUT2D eigenvalue weighted by Crippen LogP contribution is -2.57. The van der Waals surface area contributed by atoms with Gasteiger partial charge in [-0.2, -0.15) is 0 Å². The third-order valence-corrected chi connectivity index (χ3v) is 3.62. The molecule has 0 radical (unpaired) electrons. The number of nitrogens with zero attached hydrogens (tertiary/aromatic N) is 4. The molecule has 2 heterocycles. The van der Waals surface area contributed by atoms with Crippen LogP contribution in [0.15, 0.2) is 12.4 Å². The van der Waals surface area contributed by atoms with Crippen LogP contribution in [0.1, 0.15) is 27.7 Å². The maximum Gasteiger partial charge on any atom is 0.134 e. The van der Waals surface area contributed by atoms with Gasteiger partial charge in [-0.25, -0.2) is 9.97 Å². The highest BCUT2D eigenvalue weighted by molar-refractivity contribution is 5.50. The Balaban J connectivity index is 2.18.